The zero-order chi connectivity index (χ0) is 13.4. The van der Waals surface area contributed by atoms with Crippen molar-refractivity contribution in [1.29, 1.82) is 0 Å². The number of fused-ring (bicyclic) bond motifs is 1. The van der Waals surface area contributed by atoms with Gasteiger partial charge in [0.1, 0.15) is 5.82 Å². The Hall–Kier alpha value is -1.74. The number of para-hydroxylation sites is 1. The van der Waals surface area contributed by atoms with Crippen LogP contribution in [0.15, 0.2) is 53.0 Å². The molecular formula is C16H11BrFN. The fourth-order valence-electron chi connectivity index (χ4n) is 2.18. The van der Waals surface area contributed by atoms with Gasteiger partial charge in [0.25, 0.3) is 0 Å². The number of hydrogen-bond acceptors (Lipinski definition) is 1. The molecule has 2 aromatic carbocycles. The fraction of sp³-hybridized carbons (Fsp3) is 0.0625. The number of halogens is 2. The average molecular weight is 316 g/mol. The third-order valence-electron chi connectivity index (χ3n) is 3.18. The van der Waals surface area contributed by atoms with E-state index in [2.05, 4.69) is 20.9 Å². The Kier molecular flexibility index (Phi) is 3.07. The van der Waals surface area contributed by atoms with E-state index >= 15 is 0 Å². The van der Waals surface area contributed by atoms with Gasteiger partial charge in [-0.2, -0.15) is 0 Å². The smallest absolute Gasteiger partial charge is 0.123 e. The van der Waals surface area contributed by atoms with Crippen LogP contribution in [0, 0.1) is 12.7 Å². The van der Waals surface area contributed by atoms with E-state index in [4.69, 9.17) is 0 Å². The minimum Gasteiger partial charge on any atom is -0.247 e. The van der Waals surface area contributed by atoms with Gasteiger partial charge in [-0.1, -0.05) is 30.3 Å². The van der Waals surface area contributed by atoms with E-state index in [-0.39, 0.29) is 5.82 Å². The molecule has 0 unspecified atom stereocenters. The second-order valence-corrected chi connectivity index (χ2v) is 5.22. The van der Waals surface area contributed by atoms with Gasteiger partial charge in [0.2, 0.25) is 0 Å². The Labute approximate surface area is 119 Å². The summed E-state index contributed by atoms with van der Waals surface area (Å²) in [5, 5.41) is 1.11. The van der Waals surface area contributed by atoms with Crippen LogP contribution < -0.4 is 0 Å². The SMILES string of the molecule is Cc1c(Br)c(-c2cccc(F)c2)nc2ccccc12. The number of pyridine rings is 1. The Morgan fingerprint density at radius 1 is 1.05 bits per heavy atom. The normalized spacial score (nSPS) is 10.9. The van der Waals surface area contributed by atoms with Gasteiger partial charge in [-0.25, -0.2) is 9.37 Å². The number of benzene rings is 2. The fourth-order valence-corrected chi connectivity index (χ4v) is 2.71. The predicted octanol–water partition coefficient (Wildman–Crippen LogP) is 5.11. The zero-order valence-corrected chi connectivity index (χ0v) is 11.9. The maximum absolute atomic E-state index is 13.4. The van der Waals surface area contributed by atoms with Crippen molar-refractivity contribution >= 4 is 26.8 Å². The van der Waals surface area contributed by atoms with Crippen molar-refractivity contribution in [2.75, 3.05) is 0 Å². The van der Waals surface area contributed by atoms with E-state index in [1.807, 2.05) is 37.3 Å². The Morgan fingerprint density at radius 3 is 2.63 bits per heavy atom. The summed E-state index contributed by atoms with van der Waals surface area (Å²) in [4.78, 5) is 4.63. The lowest BCUT2D eigenvalue weighted by atomic mass is 10.1. The molecule has 1 heterocycles. The van der Waals surface area contributed by atoms with Gasteiger partial charge in [-0.05, 0) is 46.6 Å². The summed E-state index contributed by atoms with van der Waals surface area (Å²) in [7, 11) is 0. The first-order valence-corrected chi connectivity index (χ1v) is 6.77. The molecule has 0 aliphatic carbocycles. The molecular weight excluding hydrogens is 305 g/mol. The van der Waals surface area contributed by atoms with Crippen LogP contribution in [-0.2, 0) is 0 Å². The lowest BCUT2D eigenvalue weighted by molar-refractivity contribution is 0.628. The third kappa shape index (κ3) is 2.15. The van der Waals surface area contributed by atoms with E-state index in [0.29, 0.717) is 0 Å². The first-order chi connectivity index (χ1) is 9.16. The van der Waals surface area contributed by atoms with E-state index in [9.17, 15) is 4.39 Å². The summed E-state index contributed by atoms with van der Waals surface area (Å²) >= 11 is 3.58. The summed E-state index contributed by atoms with van der Waals surface area (Å²) in [5.41, 5.74) is 3.59. The van der Waals surface area contributed by atoms with Crippen LogP contribution >= 0.6 is 15.9 Å². The monoisotopic (exact) mass is 315 g/mol. The lowest BCUT2D eigenvalue weighted by Gasteiger charge is -2.10. The van der Waals surface area contributed by atoms with Gasteiger partial charge in [0, 0.05) is 15.4 Å². The van der Waals surface area contributed by atoms with Gasteiger partial charge >= 0.3 is 0 Å². The molecule has 3 rings (SSSR count). The molecule has 0 N–H and O–H groups in total. The number of nitrogens with zero attached hydrogens (tertiary/aromatic N) is 1. The number of hydrogen-bond donors (Lipinski definition) is 0. The lowest BCUT2D eigenvalue weighted by Crippen LogP contribution is -1.92. The van der Waals surface area contributed by atoms with Gasteiger partial charge < -0.3 is 0 Å². The second kappa shape index (κ2) is 4.74. The summed E-state index contributed by atoms with van der Waals surface area (Å²) in [6.45, 7) is 2.04. The Morgan fingerprint density at radius 2 is 1.84 bits per heavy atom. The minimum absolute atomic E-state index is 0.253. The highest BCUT2D eigenvalue weighted by Crippen LogP contribution is 2.33. The molecule has 94 valence electrons. The maximum Gasteiger partial charge on any atom is 0.123 e. The molecule has 0 bridgehead atoms. The van der Waals surface area contributed by atoms with Gasteiger partial charge in [0.05, 0.1) is 11.2 Å². The number of rotatable bonds is 1. The highest BCUT2D eigenvalue weighted by Gasteiger charge is 2.11. The second-order valence-electron chi connectivity index (χ2n) is 4.43. The first-order valence-electron chi connectivity index (χ1n) is 5.97. The summed E-state index contributed by atoms with van der Waals surface area (Å²) in [6.07, 6.45) is 0. The van der Waals surface area contributed by atoms with Crippen molar-refractivity contribution in [1.82, 2.24) is 4.98 Å². The van der Waals surface area contributed by atoms with Crippen LogP contribution in [0.4, 0.5) is 4.39 Å². The highest BCUT2D eigenvalue weighted by molar-refractivity contribution is 9.10. The molecule has 3 aromatic rings. The van der Waals surface area contributed by atoms with Gasteiger partial charge in [-0.3, -0.25) is 0 Å². The zero-order valence-electron chi connectivity index (χ0n) is 10.3. The van der Waals surface area contributed by atoms with Crippen molar-refractivity contribution in [3.8, 4) is 11.3 Å². The van der Waals surface area contributed by atoms with Gasteiger partial charge in [-0.15, -0.1) is 0 Å². The molecule has 3 heteroatoms. The molecule has 19 heavy (non-hydrogen) atoms. The maximum atomic E-state index is 13.4. The largest absolute Gasteiger partial charge is 0.247 e. The van der Waals surface area contributed by atoms with Crippen LogP contribution in [0.25, 0.3) is 22.2 Å². The molecule has 0 spiro atoms. The van der Waals surface area contributed by atoms with Gasteiger partial charge in [0.15, 0.2) is 0 Å². The van der Waals surface area contributed by atoms with Crippen molar-refractivity contribution in [2.45, 2.75) is 6.92 Å². The van der Waals surface area contributed by atoms with E-state index in [1.54, 1.807) is 6.07 Å². The van der Waals surface area contributed by atoms with Crippen LogP contribution in [-0.4, -0.2) is 4.98 Å². The summed E-state index contributed by atoms with van der Waals surface area (Å²) < 4.78 is 14.3. The standard InChI is InChI=1S/C16H11BrFN/c1-10-13-7-2-3-8-14(13)19-16(15(10)17)11-5-4-6-12(18)9-11/h2-9H,1H3. The molecule has 0 saturated heterocycles. The molecule has 0 amide bonds. The van der Waals surface area contributed by atoms with Crippen molar-refractivity contribution < 1.29 is 4.39 Å². The van der Waals surface area contributed by atoms with Crippen LogP contribution in [0.1, 0.15) is 5.56 Å². The number of aryl methyl sites for hydroxylation is 1. The van der Waals surface area contributed by atoms with Crippen molar-refractivity contribution in [3.63, 3.8) is 0 Å². The number of aromatic nitrogens is 1. The Balaban J connectivity index is 2.33. The molecule has 0 saturated carbocycles. The van der Waals surface area contributed by atoms with E-state index < -0.39 is 0 Å². The quantitative estimate of drug-likeness (QED) is 0.608. The van der Waals surface area contributed by atoms with Crippen molar-refractivity contribution in [2.24, 2.45) is 0 Å². The molecule has 1 aromatic heterocycles. The molecule has 0 radical (unpaired) electrons. The molecule has 0 aliphatic heterocycles. The average Bonchev–Trinajstić information content (AvgIpc) is 2.43. The molecule has 1 nitrogen and oxygen atoms in total. The van der Waals surface area contributed by atoms with E-state index in [0.717, 1.165) is 32.2 Å². The van der Waals surface area contributed by atoms with E-state index in [1.165, 1.54) is 12.1 Å². The summed E-state index contributed by atoms with van der Waals surface area (Å²) in [5.74, 6) is -0.253. The topological polar surface area (TPSA) is 12.9 Å². The summed E-state index contributed by atoms with van der Waals surface area (Å²) in [6, 6.07) is 14.5. The van der Waals surface area contributed by atoms with Crippen molar-refractivity contribution in [3.05, 3.63) is 64.4 Å². The van der Waals surface area contributed by atoms with Crippen LogP contribution in [0.5, 0.6) is 0 Å². The minimum atomic E-state index is -0.253. The first kappa shape index (κ1) is 12.3. The van der Waals surface area contributed by atoms with Crippen LogP contribution in [0.2, 0.25) is 0 Å². The predicted molar refractivity (Wildman–Crippen MR) is 79.6 cm³/mol. The Bertz CT molecular complexity index is 768. The third-order valence-corrected chi connectivity index (χ3v) is 4.15. The molecule has 0 atom stereocenters. The van der Waals surface area contributed by atoms with Crippen LogP contribution in [0.3, 0.4) is 0 Å². The highest BCUT2D eigenvalue weighted by atomic mass is 79.9. The molecule has 0 fully saturated rings. The molecule has 0 aliphatic rings.